The maximum atomic E-state index is 12.3. The van der Waals surface area contributed by atoms with E-state index in [0.717, 1.165) is 9.66 Å². The molecule has 6 heteroatoms. The molecule has 0 spiro atoms. The van der Waals surface area contributed by atoms with Crippen molar-refractivity contribution in [1.82, 2.24) is 0 Å². The van der Waals surface area contributed by atoms with E-state index in [4.69, 9.17) is 4.84 Å². The summed E-state index contributed by atoms with van der Waals surface area (Å²) >= 11 is -0.663. The minimum atomic E-state index is -4.14. The molecule has 0 fully saturated rings. The number of halogens is 4. The van der Waals surface area contributed by atoms with E-state index in [1.165, 1.54) is 6.08 Å². The Labute approximate surface area is 82.6 Å². The van der Waals surface area contributed by atoms with Gasteiger partial charge in [0.1, 0.15) is 0 Å². The van der Waals surface area contributed by atoms with Gasteiger partial charge in [0.2, 0.25) is 0 Å². The molecule has 72 valence electrons. The molecule has 1 heterocycles. The highest BCUT2D eigenvalue weighted by molar-refractivity contribution is 14.2. The smallest absolute Gasteiger partial charge is 0.351 e. The molecular weight excluding hydrogens is 298 g/mol. The van der Waals surface area contributed by atoms with Gasteiger partial charge in [0.05, 0.1) is 30.5 Å². The van der Waals surface area contributed by atoms with Crippen molar-refractivity contribution in [2.75, 3.05) is 0 Å². The van der Waals surface area contributed by atoms with Crippen molar-refractivity contribution >= 4 is 21.0 Å². The Balaban J connectivity index is 2.18. The molecule has 0 saturated carbocycles. The van der Waals surface area contributed by atoms with Crippen LogP contribution in [0.3, 0.4) is 0 Å². The molecule has 0 radical (unpaired) electrons. The van der Waals surface area contributed by atoms with E-state index in [0.29, 0.717) is 5.76 Å². The summed E-state index contributed by atoms with van der Waals surface area (Å²) in [4.78, 5) is 4.82. The van der Waals surface area contributed by atoms with Gasteiger partial charge in [-0.3, -0.25) is 0 Å². The van der Waals surface area contributed by atoms with Crippen LogP contribution in [0.2, 0.25) is 0 Å². The van der Waals surface area contributed by atoms with E-state index in [1.54, 1.807) is 0 Å². The molecule has 1 aliphatic heterocycles. The quantitative estimate of drug-likeness (QED) is 0.628. The normalized spacial score (nSPS) is 26.8. The van der Waals surface area contributed by atoms with Crippen LogP contribution in [0.4, 0.5) is 13.2 Å². The van der Waals surface area contributed by atoms with Crippen LogP contribution in [-0.4, -0.2) is 6.18 Å². The molecular formula is C7H5F3INO. The second-order valence-electron chi connectivity index (χ2n) is 2.73. The largest absolute Gasteiger partial charge is 0.395 e. The van der Waals surface area contributed by atoms with Crippen LogP contribution in [0.25, 0.3) is 0 Å². The fourth-order valence-corrected chi connectivity index (χ4v) is 2.87. The molecule has 0 aromatic carbocycles. The summed E-state index contributed by atoms with van der Waals surface area (Å²) in [6, 6.07) is 0. The van der Waals surface area contributed by atoms with Crippen LogP contribution in [0.5, 0.6) is 0 Å². The third-order valence-corrected chi connectivity index (χ3v) is 3.78. The zero-order chi connectivity index (χ0) is 9.47. The van der Waals surface area contributed by atoms with Gasteiger partial charge >= 0.3 is 6.18 Å². The van der Waals surface area contributed by atoms with Crippen LogP contribution in [0, 0.1) is 5.92 Å². The van der Waals surface area contributed by atoms with Crippen molar-refractivity contribution < 1.29 is 18.0 Å². The maximum absolute atomic E-state index is 12.3. The van der Waals surface area contributed by atoms with Crippen molar-refractivity contribution in [2.45, 2.75) is 12.6 Å². The monoisotopic (exact) mass is 303 g/mol. The number of allylic oxidation sites excluding steroid dienone is 3. The SMILES string of the molecule is FC(F)(F)C1C=CC2=C(C1)I=NO2. The van der Waals surface area contributed by atoms with Gasteiger partial charge in [0, 0.05) is 0 Å². The molecule has 1 atom stereocenters. The first-order valence-electron chi connectivity index (χ1n) is 3.57. The molecule has 2 rings (SSSR count). The lowest BCUT2D eigenvalue weighted by Crippen LogP contribution is -2.22. The van der Waals surface area contributed by atoms with Crippen LogP contribution in [0.15, 0.2) is 24.8 Å². The highest BCUT2D eigenvalue weighted by Gasteiger charge is 2.40. The fraction of sp³-hybridized carbons (Fsp3) is 0.429. The molecule has 2 aliphatic rings. The summed E-state index contributed by atoms with van der Waals surface area (Å²) in [6.07, 6.45) is -1.58. The number of nitrogens with zero attached hydrogens (tertiary/aromatic N) is 1. The van der Waals surface area contributed by atoms with Crippen LogP contribution < -0.4 is 0 Å². The zero-order valence-electron chi connectivity index (χ0n) is 6.31. The van der Waals surface area contributed by atoms with E-state index >= 15 is 0 Å². The van der Waals surface area contributed by atoms with Gasteiger partial charge in [-0.1, -0.05) is 9.38 Å². The molecule has 0 amide bonds. The van der Waals surface area contributed by atoms with E-state index in [2.05, 4.69) is 3.31 Å². The average molecular weight is 303 g/mol. The van der Waals surface area contributed by atoms with Crippen molar-refractivity contribution in [1.29, 1.82) is 0 Å². The number of hydrogen-bond donors (Lipinski definition) is 0. The standard InChI is InChI=1S/C7H5F3INO/c8-7(9,10)4-1-2-6-5(3-4)11-12-13-6/h1-2,4H,3H2. The first kappa shape index (κ1) is 9.17. The molecule has 0 bridgehead atoms. The van der Waals surface area contributed by atoms with E-state index in [1.807, 2.05) is 0 Å². The Hall–Kier alpha value is -0.400. The van der Waals surface area contributed by atoms with Gasteiger partial charge in [-0.05, 0) is 12.5 Å². The second kappa shape index (κ2) is 3.07. The van der Waals surface area contributed by atoms with Crippen LogP contribution >= 0.6 is 21.0 Å². The number of alkyl halides is 3. The Kier molecular flexibility index (Phi) is 2.17. The minimum Gasteiger partial charge on any atom is -0.351 e. The molecule has 0 aromatic rings. The maximum Gasteiger partial charge on any atom is 0.395 e. The minimum absolute atomic E-state index is 0.0338. The molecule has 1 unspecified atom stereocenters. The lowest BCUT2D eigenvalue weighted by Gasteiger charge is -2.18. The molecule has 0 N–H and O–H groups in total. The Bertz CT molecular complexity index is 318. The van der Waals surface area contributed by atoms with Gasteiger partial charge < -0.3 is 4.84 Å². The molecule has 2 nitrogen and oxygen atoms in total. The third kappa shape index (κ3) is 1.77. The van der Waals surface area contributed by atoms with Gasteiger partial charge in [0.25, 0.3) is 0 Å². The summed E-state index contributed by atoms with van der Waals surface area (Å²) in [5, 5.41) is 0. The molecule has 0 saturated heterocycles. The topological polar surface area (TPSA) is 21.6 Å². The average Bonchev–Trinajstić information content (AvgIpc) is 2.47. The Morgan fingerprint density at radius 2 is 2.31 bits per heavy atom. The van der Waals surface area contributed by atoms with Gasteiger partial charge in [-0.15, -0.1) is 0 Å². The molecule has 0 aromatic heterocycles. The van der Waals surface area contributed by atoms with Crippen molar-refractivity contribution in [3.8, 4) is 0 Å². The summed E-state index contributed by atoms with van der Waals surface area (Å²) < 4.78 is 41.2. The second-order valence-corrected chi connectivity index (χ2v) is 4.90. The highest BCUT2D eigenvalue weighted by atomic mass is 127. The van der Waals surface area contributed by atoms with Crippen LogP contribution in [0.1, 0.15) is 6.42 Å². The Morgan fingerprint density at radius 1 is 1.54 bits per heavy atom. The first-order valence-corrected chi connectivity index (χ1v) is 5.61. The summed E-state index contributed by atoms with van der Waals surface area (Å²) in [5.41, 5.74) is 0. The van der Waals surface area contributed by atoms with E-state index in [-0.39, 0.29) is 6.42 Å². The number of hydrogen-bond acceptors (Lipinski definition) is 2. The summed E-state index contributed by atoms with van der Waals surface area (Å²) in [7, 11) is 0. The summed E-state index contributed by atoms with van der Waals surface area (Å²) in [6.45, 7) is 0. The van der Waals surface area contributed by atoms with E-state index < -0.39 is 33.1 Å². The summed E-state index contributed by atoms with van der Waals surface area (Å²) in [5.74, 6) is -0.809. The van der Waals surface area contributed by atoms with Crippen molar-refractivity contribution in [2.24, 2.45) is 9.23 Å². The fourth-order valence-electron chi connectivity index (χ4n) is 1.13. The van der Waals surface area contributed by atoms with Gasteiger partial charge in [0.15, 0.2) is 5.76 Å². The zero-order valence-corrected chi connectivity index (χ0v) is 8.46. The third-order valence-electron chi connectivity index (χ3n) is 1.84. The lowest BCUT2D eigenvalue weighted by molar-refractivity contribution is -0.160. The van der Waals surface area contributed by atoms with Crippen LogP contribution in [-0.2, 0) is 4.84 Å². The van der Waals surface area contributed by atoms with Crippen molar-refractivity contribution in [3.05, 3.63) is 21.5 Å². The highest BCUT2D eigenvalue weighted by Crippen LogP contribution is 2.43. The Morgan fingerprint density at radius 3 is 3.00 bits per heavy atom. The first-order chi connectivity index (χ1) is 6.07. The predicted octanol–water partition coefficient (Wildman–Crippen LogP) is 3.44. The van der Waals surface area contributed by atoms with Crippen molar-refractivity contribution in [3.63, 3.8) is 0 Å². The van der Waals surface area contributed by atoms with E-state index in [9.17, 15) is 13.2 Å². The lowest BCUT2D eigenvalue weighted by atomic mass is 10.00. The van der Waals surface area contributed by atoms with Gasteiger partial charge in [-0.2, -0.15) is 13.2 Å². The number of rotatable bonds is 0. The molecule has 13 heavy (non-hydrogen) atoms. The van der Waals surface area contributed by atoms with Gasteiger partial charge in [-0.25, -0.2) is 0 Å². The predicted molar refractivity (Wildman–Crippen MR) is 47.9 cm³/mol. The molecule has 1 aliphatic carbocycles.